The van der Waals surface area contributed by atoms with Gasteiger partial charge in [-0.3, -0.25) is 19.3 Å². The number of nitrogens with one attached hydrogen (secondary N) is 1. The van der Waals surface area contributed by atoms with E-state index >= 15 is 0 Å². The number of amides is 3. The number of benzene rings is 1. The first kappa shape index (κ1) is 20.1. The van der Waals surface area contributed by atoms with Crippen molar-refractivity contribution in [2.75, 3.05) is 44.2 Å². The van der Waals surface area contributed by atoms with E-state index < -0.39 is 6.04 Å². The highest BCUT2D eigenvalue weighted by Crippen LogP contribution is 2.18. The van der Waals surface area contributed by atoms with Crippen molar-refractivity contribution in [2.24, 2.45) is 0 Å². The molecular weight excluding hydrogens is 356 g/mol. The molecule has 3 rings (SSSR count). The average Bonchev–Trinajstić information content (AvgIpc) is 2.68. The van der Waals surface area contributed by atoms with E-state index in [4.69, 9.17) is 0 Å². The minimum Gasteiger partial charge on any atom is -0.353 e. The molecule has 0 spiro atoms. The Hall–Kier alpha value is -2.67. The van der Waals surface area contributed by atoms with Gasteiger partial charge in [0.1, 0.15) is 6.54 Å². The lowest BCUT2D eigenvalue weighted by Crippen LogP contribution is -2.58. The Morgan fingerprint density at radius 2 is 1.89 bits per heavy atom. The van der Waals surface area contributed by atoms with Gasteiger partial charge < -0.3 is 15.1 Å². The topological polar surface area (TPSA) is 73.0 Å². The second kappa shape index (κ2) is 9.01. The number of allylic oxidation sites excluding steroid dienone is 1. The number of piperazine rings is 2. The van der Waals surface area contributed by atoms with Crippen LogP contribution in [0.4, 0.5) is 5.69 Å². The molecule has 150 valence electrons. The molecule has 2 aliphatic rings. The number of hydrogen-bond acceptors (Lipinski definition) is 4. The van der Waals surface area contributed by atoms with Crippen molar-refractivity contribution < 1.29 is 14.4 Å². The fourth-order valence-electron chi connectivity index (χ4n) is 3.56. The van der Waals surface area contributed by atoms with Crippen molar-refractivity contribution in [1.29, 1.82) is 0 Å². The highest BCUT2D eigenvalue weighted by molar-refractivity contribution is 5.98. The molecule has 2 saturated heterocycles. The van der Waals surface area contributed by atoms with Crippen molar-refractivity contribution in [1.82, 2.24) is 15.1 Å². The first-order valence-electron chi connectivity index (χ1n) is 9.74. The van der Waals surface area contributed by atoms with Crippen LogP contribution in [0.1, 0.15) is 20.3 Å². The number of hydrogen-bond donors (Lipinski definition) is 1. The van der Waals surface area contributed by atoms with Gasteiger partial charge in [0.25, 0.3) is 0 Å². The van der Waals surface area contributed by atoms with E-state index in [9.17, 15) is 14.4 Å². The summed E-state index contributed by atoms with van der Waals surface area (Å²) in [5, 5.41) is 2.85. The van der Waals surface area contributed by atoms with E-state index in [0.29, 0.717) is 32.7 Å². The van der Waals surface area contributed by atoms with Crippen molar-refractivity contribution >= 4 is 23.4 Å². The van der Waals surface area contributed by atoms with Crippen LogP contribution in [0.2, 0.25) is 0 Å². The van der Waals surface area contributed by atoms with Crippen LogP contribution in [0.5, 0.6) is 0 Å². The van der Waals surface area contributed by atoms with Crippen molar-refractivity contribution in [3.05, 3.63) is 42.0 Å². The highest BCUT2D eigenvalue weighted by Gasteiger charge is 2.34. The Morgan fingerprint density at radius 1 is 1.14 bits per heavy atom. The second-order valence-corrected chi connectivity index (χ2v) is 7.48. The summed E-state index contributed by atoms with van der Waals surface area (Å²) in [6, 6.07) is 8.99. The molecule has 2 aliphatic heterocycles. The first-order chi connectivity index (χ1) is 13.5. The quantitative estimate of drug-likeness (QED) is 0.770. The van der Waals surface area contributed by atoms with E-state index in [0.717, 1.165) is 5.69 Å². The van der Waals surface area contributed by atoms with Crippen LogP contribution in [0.15, 0.2) is 42.0 Å². The van der Waals surface area contributed by atoms with E-state index in [2.05, 4.69) is 11.4 Å². The summed E-state index contributed by atoms with van der Waals surface area (Å²) in [5.74, 6) is -0.360. The molecule has 2 fully saturated rings. The molecule has 0 bridgehead atoms. The third kappa shape index (κ3) is 4.78. The third-order valence-corrected chi connectivity index (χ3v) is 5.18. The number of nitrogens with zero attached hydrogens (tertiary/aromatic N) is 3. The van der Waals surface area contributed by atoms with Gasteiger partial charge >= 0.3 is 0 Å². The number of carbonyl (C=O) groups is 3. The second-order valence-electron chi connectivity index (χ2n) is 7.48. The van der Waals surface area contributed by atoms with Gasteiger partial charge in [-0.25, -0.2) is 0 Å². The zero-order chi connectivity index (χ0) is 20.1. The molecule has 0 aliphatic carbocycles. The summed E-state index contributed by atoms with van der Waals surface area (Å²) in [5.41, 5.74) is 2.03. The molecule has 3 amide bonds. The van der Waals surface area contributed by atoms with Gasteiger partial charge in [-0.1, -0.05) is 29.8 Å². The van der Waals surface area contributed by atoms with E-state index in [1.54, 1.807) is 9.80 Å². The van der Waals surface area contributed by atoms with E-state index in [-0.39, 0.29) is 30.7 Å². The molecule has 2 heterocycles. The van der Waals surface area contributed by atoms with Gasteiger partial charge in [0, 0.05) is 38.4 Å². The normalized spacial score (nSPS) is 20.7. The van der Waals surface area contributed by atoms with Crippen LogP contribution in [-0.2, 0) is 14.4 Å². The Bertz CT molecular complexity index is 758. The van der Waals surface area contributed by atoms with E-state index in [1.807, 2.05) is 49.1 Å². The van der Waals surface area contributed by atoms with Crippen LogP contribution in [0, 0.1) is 0 Å². The molecule has 1 aromatic rings. The predicted octanol–water partition coefficient (Wildman–Crippen LogP) is 1.02. The maximum Gasteiger partial charge on any atom is 0.246 e. The van der Waals surface area contributed by atoms with Crippen LogP contribution < -0.4 is 10.2 Å². The summed E-state index contributed by atoms with van der Waals surface area (Å²) in [6.07, 6.45) is 2.17. The Labute approximate surface area is 166 Å². The van der Waals surface area contributed by atoms with Crippen LogP contribution in [-0.4, -0.2) is 72.8 Å². The lowest BCUT2D eigenvalue weighted by molar-refractivity contribution is -0.141. The van der Waals surface area contributed by atoms with Crippen LogP contribution in [0.25, 0.3) is 0 Å². The molecule has 7 heteroatoms. The molecule has 0 aromatic heterocycles. The minimum atomic E-state index is -0.487. The maximum atomic E-state index is 12.8. The van der Waals surface area contributed by atoms with Gasteiger partial charge in [-0.15, -0.1) is 0 Å². The third-order valence-electron chi connectivity index (χ3n) is 5.18. The standard InChI is InChI=1S/C21H28N4O3/c1-16(2)8-10-23-11-9-22-21(28)18(23)14-19(26)24-12-13-25(20(27)15-24)17-6-4-3-5-7-17/h3-8,18H,9-15H2,1-2H3,(H,22,28)/t18-/m1/s1. The lowest BCUT2D eigenvalue weighted by atomic mass is 10.1. The smallest absolute Gasteiger partial charge is 0.246 e. The van der Waals surface area contributed by atoms with Gasteiger partial charge in [0.2, 0.25) is 17.7 Å². The molecule has 1 atom stereocenters. The molecule has 0 saturated carbocycles. The van der Waals surface area contributed by atoms with Gasteiger partial charge in [-0.05, 0) is 26.0 Å². The fourth-order valence-corrected chi connectivity index (χ4v) is 3.56. The first-order valence-corrected chi connectivity index (χ1v) is 9.74. The Morgan fingerprint density at radius 3 is 2.57 bits per heavy atom. The summed E-state index contributed by atoms with van der Waals surface area (Å²) in [4.78, 5) is 43.0. The summed E-state index contributed by atoms with van der Waals surface area (Å²) in [7, 11) is 0. The number of carbonyl (C=O) groups excluding carboxylic acids is 3. The molecular formula is C21H28N4O3. The van der Waals surface area contributed by atoms with Gasteiger partial charge in [0.15, 0.2) is 0 Å². The summed E-state index contributed by atoms with van der Waals surface area (Å²) in [6.45, 7) is 6.98. The molecule has 7 nitrogen and oxygen atoms in total. The average molecular weight is 384 g/mol. The van der Waals surface area contributed by atoms with E-state index in [1.165, 1.54) is 5.57 Å². The van der Waals surface area contributed by atoms with Gasteiger partial charge in [-0.2, -0.15) is 0 Å². The number of para-hydroxylation sites is 1. The molecule has 1 aromatic carbocycles. The molecule has 0 unspecified atom stereocenters. The maximum absolute atomic E-state index is 12.8. The lowest BCUT2D eigenvalue weighted by Gasteiger charge is -2.37. The SMILES string of the molecule is CC(C)=CCN1CCNC(=O)[C@H]1CC(=O)N1CCN(c2ccccc2)C(=O)C1. The van der Waals surface area contributed by atoms with Gasteiger partial charge in [0.05, 0.1) is 12.5 Å². The highest BCUT2D eigenvalue weighted by atomic mass is 16.2. The molecule has 28 heavy (non-hydrogen) atoms. The number of rotatable bonds is 5. The van der Waals surface area contributed by atoms with Crippen molar-refractivity contribution in [3.63, 3.8) is 0 Å². The summed E-state index contributed by atoms with van der Waals surface area (Å²) < 4.78 is 0. The Balaban J connectivity index is 1.61. The Kier molecular flexibility index (Phi) is 6.46. The fraction of sp³-hybridized carbons (Fsp3) is 0.476. The largest absolute Gasteiger partial charge is 0.353 e. The zero-order valence-electron chi connectivity index (χ0n) is 16.6. The van der Waals surface area contributed by atoms with Crippen LogP contribution in [0.3, 0.4) is 0 Å². The summed E-state index contributed by atoms with van der Waals surface area (Å²) >= 11 is 0. The zero-order valence-corrected chi connectivity index (χ0v) is 16.6. The number of anilines is 1. The molecule has 0 radical (unpaired) electrons. The van der Waals surface area contributed by atoms with Crippen molar-refractivity contribution in [3.8, 4) is 0 Å². The predicted molar refractivity (Wildman–Crippen MR) is 108 cm³/mol. The van der Waals surface area contributed by atoms with Crippen LogP contribution >= 0.6 is 0 Å². The van der Waals surface area contributed by atoms with Crippen molar-refractivity contribution in [2.45, 2.75) is 26.3 Å². The monoisotopic (exact) mass is 384 g/mol. The molecule has 1 N–H and O–H groups in total. The minimum absolute atomic E-state index is 0.0516.